The van der Waals surface area contributed by atoms with Gasteiger partial charge in [0.1, 0.15) is 0 Å². The van der Waals surface area contributed by atoms with E-state index in [0.717, 1.165) is 43.7 Å². The summed E-state index contributed by atoms with van der Waals surface area (Å²) in [6.45, 7) is 4.01. The van der Waals surface area contributed by atoms with E-state index in [4.69, 9.17) is 0 Å². The molecule has 0 amide bonds. The molecule has 0 saturated heterocycles. The van der Waals surface area contributed by atoms with Crippen LogP contribution in [0.4, 0.5) is 0 Å². The molecule has 2 aromatic heterocycles. The van der Waals surface area contributed by atoms with Gasteiger partial charge in [0.05, 0.1) is 30.1 Å². The van der Waals surface area contributed by atoms with Gasteiger partial charge in [-0.25, -0.2) is 9.97 Å². The van der Waals surface area contributed by atoms with E-state index in [9.17, 15) is 0 Å². The van der Waals surface area contributed by atoms with E-state index in [1.807, 2.05) is 6.33 Å². The number of aromatic amines is 2. The minimum atomic E-state index is 0.344. The van der Waals surface area contributed by atoms with Crippen molar-refractivity contribution in [3.8, 4) is 0 Å². The molecular weight excluding hydrogens is 298 g/mol. The number of H-pyrrole nitrogens is 2. The van der Waals surface area contributed by atoms with E-state index < -0.39 is 0 Å². The zero-order valence-corrected chi connectivity index (χ0v) is 14.0. The molecule has 124 valence electrons. The quantitative estimate of drug-likeness (QED) is 0.759. The second-order valence-electron chi connectivity index (χ2n) is 6.50. The minimum absolute atomic E-state index is 0.344. The van der Waals surface area contributed by atoms with Crippen molar-refractivity contribution in [3.63, 3.8) is 0 Å². The standard InChI is InChI=1S/C19H23N5/c1-14-17(22-12-20-14)11-24-10-9-16-19(23-13-21-16)18(24)8-7-15-5-3-2-4-6-15/h2-6,12-13,18H,7-11H2,1H3,(H,20,22)(H,21,23)/t18-/m0/s1. The molecule has 1 atom stereocenters. The van der Waals surface area contributed by atoms with Gasteiger partial charge in [0.15, 0.2) is 0 Å². The lowest BCUT2D eigenvalue weighted by Gasteiger charge is -2.34. The molecule has 5 heteroatoms. The van der Waals surface area contributed by atoms with E-state index in [1.54, 1.807) is 6.33 Å². The van der Waals surface area contributed by atoms with Gasteiger partial charge in [0.25, 0.3) is 0 Å². The van der Waals surface area contributed by atoms with E-state index in [0.29, 0.717) is 6.04 Å². The molecule has 24 heavy (non-hydrogen) atoms. The Bertz CT molecular complexity index is 789. The van der Waals surface area contributed by atoms with Crippen molar-refractivity contribution in [1.29, 1.82) is 0 Å². The summed E-state index contributed by atoms with van der Waals surface area (Å²) in [6, 6.07) is 11.0. The summed E-state index contributed by atoms with van der Waals surface area (Å²) in [5.41, 5.74) is 6.19. The number of benzene rings is 1. The summed E-state index contributed by atoms with van der Waals surface area (Å²) in [4.78, 5) is 18.1. The lowest BCUT2D eigenvalue weighted by Crippen LogP contribution is -2.35. The van der Waals surface area contributed by atoms with Crippen LogP contribution in [0.3, 0.4) is 0 Å². The lowest BCUT2D eigenvalue weighted by atomic mass is 9.96. The largest absolute Gasteiger partial charge is 0.348 e. The van der Waals surface area contributed by atoms with Crippen molar-refractivity contribution in [1.82, 2.24) is 24.8 Å². The van der Waals surface area contributed by atoms with Crippen LogP contribution in [0.25, 0.3) is 0 Å². The first-order chi connectivity index (χ1) is 11.8. The third-order valence-electron chi connectivity index (χ3n) is 4.99. The molecule has 1 aliphatic rings. The number of nitrogens with one attached hydrogen (secondary N) is 2. The Hall–Kier alpha value is -2.40. The number of hydrogen-bond donors (Lipinski definition) is 2. The normalized spacial score (nSPS) is 17.8. The number of hydrogen-bond acceptors (Lipinski definition) is 3. The maximum Gasteiger partial charge on any atom is 0.0925 e. The molecule has 0 radical (unpaired) electrons. The van der Waals surface area contributed by atoms with E-state index in [1.165, 1.54) is 17.0 Å². The molecule has 0 saturated carbocycles. The van der Waals surface area contributed by atoms with Gasteiger partial charge in [0.2, 0.25) is 0 Å². The third-order valence-corrected chi connectivity index (χ3v) is 4.99. The predicted molar refractivity (Wildman–Crippen MR) is 93.5 cm³/mol. The highest BCUT2D eigenvalue weighted by Gasteiger charge is 2.29. The molecule has 3 heterocycles. The van der Waals surface area contributed by atoms with E-state index in [-0.39, 0.29) is 0 Å². The molecule has 2 N–H and O–H groups in total. The molecule has 0 fully saturated rings. The Morgan fingerprint density at radius 3 is 2.75 bits per heavy atom. The summed E-state index contributed by atoms with van der Waals surface area (Å²) >= 11 is 0. The molecule has 0 aliphatic carbocycles. The first kappa shape index (κ1) is 15.1. The molecule has 5 nitrogen and oxygen atoms in total. The second kappa shape index (κ2) is 6.61. The Kier molecular flexibility index (Phi) is 4.17. The van der Waals surface area contributed by atoms with Gasteiger partial charge in [-0.15, -0.1) is 0 Å². The molecule has 3 aromatic rings. The minimum Gasteiger partial charge on any atom is -0.348 e. The number of aromatic nitrogens is 4. The van der Waals surface area contributed by atoms with Crippen LogP contribution in [0.15, 0.2) is 43.0 Å². The summed E-state index contributed by atoms with van der Waals surface area (Å²) in [6.07, 6.45) is 6.79. The van der Waals surface area contributed by atoms with Gasteiger partial charge in [-0.1, -0.05) is 30.3 Å². The summed E-state index contributed by atoms with van der Waals surface area (Å²) in [5.74, 6) is 0. The fraction of sp³-hybridized carbons (Fsp3) is 0.368. The van der Waals surface area contributed by atoms with Gasteiger partial charge in [0, 0.05) is 30.9 Å². The summed E-state index contributed by atoms with van der Waals surface area (Å²) < 4.78 is 0. The van der Waals surface area contributed by atoms with Crippen molar-refractivity contribution in [2.45, 2.75) is 38.8 Å². The highest BCUT2D eigenvalue weighted by atomic mass is 15.2. The van der Waals surface area contributed by atoms with Gasteiger partial charge < -0.3 is 9.97 Å². The van der Waals surface area contributed by atoms with Gasteiger partial charge >= 0.3 is 0 Å². The molecular formula is C19H23N5. The second-order valence-corrected chi connectivity index (χ2v) is 6.50. The maximum absolute atomic E-state index is 4.63. The van der Waals surface area contributed by atoms with Crippen molar-refractivity contribution in [3.05, 3.63) is 71.3 Å². The van der Waals surface area contributed by atoms with E-state index >= 15 is 0 Å². The van der Waals surface area contributed by atoms with Crippen LogP contribution in [0.1, 0.15) is 40.8 Å². The van der Waals surface area contributed by atoms with Crippen LogP contribution in [-0.4, -0.2) is 31.4 Å². The zero-order valence-electron chi connectivity index (χ0n) is 14.0. The van der Waals surface area contributed by atoms with Crippen LogP contribution in [0.2, 0.25) is 0 Å². The highest BCUT2D eigenvalue weighted by Crippen LogP contribution is 2.32. The summed E-state index contributed by atoms with van der Waals surface area (Å²) in [7, 11) is 0. The topological polar surface area (TPSA) is 60.6 Å². The van der Waals surface area contributed by atoms with Crippen LogP contribution in [0.5, 0.6) is 0 Å². The molecule has 0 unspecified atom stereocenters. The Labute approximate surface area is 142 Å². The molecule has 0 bridgehead atoms. The molecule has 0 spiro atoms. The van der Waals surface area contributed by atoms with Crippen LogP contribution >= 0.6 is 0 Å². The first-order valence-electron chi connectivity index (χ1n) is 8.60. The Balaban J connectivity index is 1.55. The van der Waals surface area contributed by atoms with Crippen LogP contribution < -0.4 is 0 Å². The Morgan fingerprint density at radius 1 is 1.12 bits per heavy atom. The number of aryl methyl sites for hydroxylation is 2. The van der Waals surface area contributed by atoms with Crippen molar-refractivity contribution >= 4 is 0 Å². The molecule has 1 aliphatic heterocycles. The van der Waals surface area contributed by atoms with Crippen LogP contribution in [-0.2, 0) is 19.4 Å². The number of imidazole rings is 2. The Morgan fingerprint density at radius 2 is 1.96 bits per heavy atom. The predicted octanol–water partition coefficient (Wildman–Crippen LogP) is 3.17. The number of rotatable bonds is 5. The zero-order chi connectivity index (χ0) is 16.4. The van der Waals surface area contributed by atoms with Crippen molar-refractivity contribution in [2.75, 3.05) is 6.54 Å². The molecule has 4 rings (SSSR count). The smallest absolute Gasteiger partial charge is 0.0925 e. The average molecular weight is 321 g/mol. The summed E-state index contributed by atoms with van der Waals surface area (Å²) in [5, 5.41) is 0. The van der Waals surface area contributed by atoms with E-state index in [2.05, 4.69) is 62.1 Å². The lowest BCUT2D eigenvalue weighted by molar-refractivity contribution is 0.161. The average Bonchev–Trinajstić information content (AvgIpc) is 3.24. The number of nitrogens with zero attached hydrogens (tertiary/aromatic N) is 3. The van der Waals surface area contributed by atoms with Gasteiger partial charge in [-0.2, -0.15) is 0 Å². The third kappa shape index (κ3) is 2.99. The molecule has 1 aromatic carbocycles. The fourth-order valence-corrected chi connectivity index (χ4v) is 3.60. The fourth-order valence-electron chi connectivity index (χ4n) is 3.60. The van der Waals surface area contributed by atoms with Gasteiger partial charge in [-0.3, -0.25) is 4.90 Å². The monoisotopic (exact) mass is 321 g/mol. The number of fused-ring (bicyclic) bond motifs is 1. The van der Waals surface area contributed by atoms with Crippen LogP contribution in [0, 0.1) is 6.92 Å². The first-order valence-corrected chi connectivity index (χ1v) is 8.60. The SMILES string of the molecule is Cc1[nH]cnc1CN1CCc2[nH]cnc2[C@@H]1CCc1ccccc1. The van der Waals surface area contributed by atoms with Crippen molar-refractivity contribution in [2.24, 2.45) is 0 Å². The van der Waals surface area contributed by atoms with Gasteiger partial charge in [-0.05, 0) is 25.3 Å². The maximum atomic E-state index is 4.63. The highest BCUT2D eigenvalue weighted by molar-refractivity contribution is 5.22. The van der Waals surface area contributed by atoms with Crippen molar-refractivity contribution < 1.29 is 0 Å².